The normalized spacial score (nSPS) is 11.4. The summed E-state index contributed by atoms with van der Waals surface area (Å²) in [6.45, 7) is 1.95. The maximum Gasteiger partial charge on any atom is 0.311 e. The molecule has 24 heavy (non-hydrogen) atoms. The third-order valence-corrected chi connectivity index (χ3v) is 3.52. The number of nitrogens with zero attached hydrogens (tertiary/aromatic N) is 3. The van der Waals surface area contributed by atoms with Gasteiger partial charge >= 0.3 is 5.69 Å². The minimum Gasteiger partial charge on any atom is -0.502 e. The molecular formula is C17H12N4O3. The van der Waals surface area contributed by atoms with Crippen LogP contribution in [0.25, 0.3) is 22.7 Å². The van der Waals surface area contributed by atoms with Crippen molar-refractivity contribution in [1.29, 1.82) is 5.26 Å². The second-order valence-electron chi connectivity index (χ2n) is 5.28. The van der Waals surface area contributed by atoms with Gasteiger partial charge in [-0.25, -0.2) is 4.98 Å². The Balaban J connectivity index is 2.07. The van der Waals surface area contributed by atoms with E-state index in [0.717, 1.165) is 16.6 Å². The standard InChI is InChI=1S/C17H12N4O3/c1-10-2-4-13-14(6-10)20-17(19-13)12(9-18)7-11-3-5-16(22)15(8-11)21(23)24/h2-8,22H,1H3,(H,19,20)/b12-7+. The molecule has 0 radical (unpaired) electrons. The minimum absolute atomic E-state index is 0.240. The monoisotopic (exact) mass is 320 g/mol. The Labute approximate surface area is 136 Å². The van der Waals surface area contributed by atoms with Crippen LogP contribution in [0.5, 0.6) is 5.75 Å². The Bertz CT molecular complexity index is 1030. The minimum atomic E-state index is -0.678. The van der Waals surface area contributed by atoms with Crippen molar-refractivity contribution in [3.63, 3.8) is 0 Å². The lowest BCUT2D eigenvalue weighted by atomic mass is 10.1. The molecule has 3 rings (SSSR count). The number of imidazole rings is 1. The zero-order chi connectivity index (χ0) is 17.3. The van der Waals surface area contributed by atoms with E-state index in [1.165, 1.54) is 24.3 Å². The largest absolute Gasteiger partial charge is 0.502 e. The van der Waals surface area contributed by atoms with E-state index in [1.54, 1.807) is 0 Å². The SMILES string of the molecule is Cc1ccc2nc(/C(C#N)=C/c3ccc(O)c([N+](=O)[O-])c3)[nH]c2c1. The summed E-state index contributed by atoms with van der Waals surface area (Å²) in [6, 6.07) is 11.7. The molecule has 0 bridgehead atoms. The van der Waals surface area contributed by atoms with Crippen molar-refractivity contribution in [3.05, 3.63) is 63.5 Å². The number of hydrogen-bond donors (Lipinski definition) is 2. The summed E-state index contributed by atoms with van der Waals surface area (Å²) in [5.74, 6) is -0.0382. The van der Waals surface area contributed by atoms with Gasteiger partial charge in [0.2, 0.25) is 0 Å². The van der Waals surface area contributed by atoms with E-state index in [2.05, 4.69) is 9.97 Å². The van der Waals surface area contributed by atoms with Gasteiger partial charge in [-0.3, -0.25) is 10.1 Å². The van der Waals surface area contributed by atoms with Crippen LogP contribution in [0.2, 0.25) is 0 Å². The van der Waals surface area contributed by atoms with Crippen molar-refractivity contribution in [2.24, 2.45) is 0 Å². The molecule has 0 saturated carbocycles. The molecule has 0 amide bonds. The van der Waals surface area contributed by atoms with Crippen molar-refractivity contribution < 1.29 is 10.0 Å². The van der Waals surface area contributed by atoms with E-state index < -0.39 is 16.4 Å². The number of rotatable bonds is 3. The molecule has 0 aliphatic rings. The fourth-order valence-electron chi connectivity index (χ4n) is 2.35. The van der Waals surface area contributed by atoms with Crippen LogP contribution in [0.1, 0.15) is 17.0 Å². The van der Waals surface area contributed by atoms with E-state index in [9.17, 15) is 20.5 Å². The van der Waals surface area contributed by atoms with Gasteiger partial charge in [-0.15, -0.1) is 0 Å². The summed E-state index contributed by atoms with van der Waals surface area (Å²) >= 11 is 0. The highest BCUT2D eigenvalue weighted by Crippen LogP contribution is 2.28. The number of nitro groups is 1. The van der Waals surface area contributed by atoms with Gasteiger partial charge in [0.05, 0.1) is 21.5 Å². The fourth-order valence-corrected chi connectivity index (χ4v) is 2.35. The van der Waals surface area contributed by atoms with Crippen LogP contribution in [-0.2, 0) is 0 Å². The first-order chi connectivity index (χ1) is 11.5. The van der Waals surface area contributed by atoms with E-state index >= 15 is 0 Å². The highest BCUT2D eigenvalue weighted by Gasteiger charge is 2.14. The number of H-pyrrole nitrogens is 1. The molecule has 7 heteroatoms. The number of phenolic OH excluding ortho intramolecular Hbond substituents is 1. The molecule has 7 nitrogen and oxygen atoms in total. The van der Waals surface area contributed by atoms with Crippen molar-refractivity contribution in [1.82, 2.24) is 9.97 Å². The van der Waals surface area contributed by atoms with Gasteiger partial charge in [-0.05, 0) is 42.3 Å². The van der Waals surface area contributed by atoms with Gasteiger partial charge < -0.3 is 10.1 Å². The number of nitro benzene ring substituents is 1. The molecule has 118 valence electrons. The fraction of sp³-hybridized carbons (Fsp3) is 0.0588. The smallest absolute Gasteiger partial charge is 0.311 e. The lowest BCUT2D eigenvalue weighted by Gasteiger charge is -1.99. The molecule has 2 N–H and O–H groups in total. The first-order valence-electron chi connectivity index (χ1n) is 7.04. The maximum atomic E-state index is 10.9. The summed E-state index contributed by atoms with van der Waals surface area (Å²) in [5, 5.41) is 29.8. The molecule has 0 aliphatic carbocycles. The second kappa shape index (κ2) is 5.85. The summed E-state index contributed by atoms with van der Waals surface area (Å²) in [6.07, 6.45) is 1.48. The molecule has 0 atom stereocenters. The average Bonchev–Trinajstić information content (AvgIpc) is 2.96. The van der Waals surface area contributed by atoms with Gasteiger partial charge in [-0.1, -0.05) is 12.1 Å². The number of allylic oxidation sites excluding steroid dienone is 1. The quantitative estimate of drug-likeness (QED) is 0.435. The molecule has 0 spiro atoms. The van der Waals surface area contributed by atoms with Gasteiger partial charge in [0, 0.05) is 6.07 Å². The Hall–Kier alpha value is -3.66. The van der Waals surface area contributed by atoms with Gasteiger partial charge in [0.25, 0.3) is 0 Å². The van der Waals surface area contributed by atoms with Crippen molar-refractivity contribution in [2.45, 2.75) is 6.92 Å². The number of phenols is 1. The zero-order valence-electron chi connectivity index (χ0n) is 12.6. The van der Waals surface area contributed by atoms with E-state index in [0.29, 0.717) is 11.4 Å². The number of aryl methyl sites for hydroxylation is 1. The number of fused-ring (bicyclic) bond motifs is 1. The first-order valence-corrected chi connectivity index (χ1v) is 7.04. The van der Waals surface area contributed by atoms with E-state index in [-0.39, 0.29) is 5.57 Å². The van der Waals surface area contributed by atoms with Crippen LogP contribution in [0.3, 0.4) is 0 Å². The Kier molecular flexibility index (Phi) is 3.72. The van der Waals surface area contributed by atoms with Gasteiger partial charge in [-0.2, -0.15) is 5.26 Å². The Morgan fingerprint density at radius 2 is 2.17 bits per heavy atom. The lowest BCUT2D eigenvalue weighted by molar-refractivity contribution is -0.385. The highest BCUT2D eigenvalue weighted by atomic mass is 16.6. The van der Waals surface area contributed by atoms with Gasteiger partial charge in [0.15, 0.2) is 5.75 Å². The van der Waals surface area contributed by atoms with Crippen LogP contribution in [0, 0.1) is 28.4 Å². The lowest BCUT2D eigenvalue weighted by Crippen LogP contribution is -1.90. The number of hydrogen-bond acceptors (Lipinski definition) is 5. The van der Waals surface area contributed by atoms with Gasteiger partial charge in [0.1, 0.15) is 11.9 Å². The predicted molar refractivity (Wildman–Crippen MR) is 89.1 cm³/mol. The Morgan fingerprint density at radius 1 is 1.38 bits per heavy atom. The molecule has 2 aromatic carbocycles. The van der Waals surface area contributed by atoms with Crippen LogP contribution in [-0.4, -0.2) is 20.0 Å². The maximum absolute atomic E-state index is 10.9. The van der Waals surface area contributed by atoms with E-state index in [1.807, 2.05) is 31.2 Å². The summed E-state index contributed by atoms with van der Waals surface area (Å²) in [7, 11) is 0. The third-order valence-electron chi connectivity index (χ3n) is 3.52. The van der Waals surface area contributed by atoms with E-state index in [4.69, 9.17) is 0 Å². The van der Waals surface area contributed by atoms with Crippen LogP contribution < -0.4 is 0 Å². The molecule has 0 saturated heterocycles. The molecule has 1 aromatic heterocycles. The highest BCUT2D eigenvalue weighted by molar-refractivity contribution is 5.90. The van der Waals surface area contributed by atoms with Crippen molar-refractivity contribution in [2.75, 3.05) is 0 Å². The van der Waals surface area contributed by atoms with Crippen LogP contribution in [0.15, 0.2) is 36.4 Å². The second-order valence-corrected chi connectivity index (χ2v) is 5.28. The number of nitrogens with one attached hydrogen (secondary N) is 1. The van der Waals surface area contributed by atoms with Crippen molar-refractivity contribution >= 4 is 28.4 Å². The number of aromatic hydroxyl groups is 1. The molecular weight excluding hydrogens is 308 g/mol. The topological polar surface area (TPSA) is 116 Å². The summed E-state index contributed by atoms with van der Waals surface area (Å²) < 4.78 is 0. The van der Waals surface area contributed by atoms with Crippen LogP contribution >= 0.6 is 0 Å². The first kappa shape index (κ1) is 15.2. The molecule has 3 aromatic rings. The zero-order valence-corrected chi connectivity index (χ0v) is 12.6. The van der Waals surface area contributed by atoms with Crippen LogP contribution in [0.4, 0.5) is 5.69 Å². The third kappa shape index (κ3) is 2.80. The molecule has 1 heterocycles. The number of aromatic amines is 1. The molecule has 0 aliphatic heterocycles. The Morgan fingerprint density at radius 3 is 2.88 bits per heavy atom. The molecule has 0 fully saturated rings. The number of benzene rings is 2. The molecule has 0 unspecified atom stereocenters. The summed E-state index contributed by atoms with van der Waals surface area (Å²) in [4.78, 5) is 17.7. The number of nitriles is 1. The average molecular weight is 320 g/mol. The number of aromatic nitrogens is 2. The predicted octanol–water partition coefficient (Wildman–Crippen LogP) is 3.55. The summed E-state index contributed by atoms with van der Waals surface area (Å²) in [5.41, 5.74) is 2.85. The van der Waals surface area contributed by atoms with Crippen molar-refractivity contribution in [3.8, 4) is 11.8 Å².